The summed E-state index contributed by atoms with van der Waals surface area (Å²) in [4.78, 5) is 0. The van der Waals surface area contributed by atoms with Crippen LogP contribution in [-0.4, -0.2) is 31.8 Å². The molecule has 1 rings (SSSR count). The summed E-state index contributed by atoms with van der Waals surface area (Å²) >= 11 is -0.946. The van der Waals surface area contributed by atoms with Gasteiger partial charge in [0.25, 0.3) is 0 Å². The summed E-state index contributed by atoms with van der Waals surface area (Å²) in [5, 5.41) is 1.33. The fourth-order valence-corrected chi connectivity index (χ4v) is 6.59. The first kappa shape index (κ1) is 12.8. The Morgan fingerprint density at radius 2 is 1.53 bits per heavy atom. The fourth-order valence-electron chi connectivity index (χ4n) is 1.83. The molecule has 0 saturated heterocycles. The molecule has 0 N–H and O–H groups in total. The van der Waals surface area contributed by atoms with Crippen molar-refractivity contribution in [2.75, 3.05) is 13.1 Å². The molecule has 0 bridgehead atoms. The summed E-state index contributed by atoms with van der Waals surface area (Å²) in [6, 6.07) is 9.15. The molecular formula is C13H22AsN. The normalized spacial score (nSPS) is 13.1. The Bertz CT molecular complexity index is 277. The molecular weight excluding hydrogens is 245 g/mol. The summed E-state index contributed by atoms with van der Waals surface area (Å²) < 4.78 is 4.26. The summed E-state index contributed by atoms with van der Waals surface area (Å²) in [6.07, 6.45) is 0. The van der Waals surface area contributed by atoms with Crippen LogP contribution in [0.1, 0.15) is 26.3 Å². The first-order chi connectivity index (χ1) is 7.22. The van der Waals surface area contributed by atoms with E-state index in [-0.39, 0.29) is 0 Å². The van der Waals surface area contributed by atoms with Crippen LogP contribution >= 0.6 is 0 Å². The second-order valence-corrected chi connectivity index (χ2v) is 8.96. The molecule has 1 unspecified atom stereocenters. The SMILES string of the molecule is CCN(CC)[As](CC)c1ccc(C)cc1. The van der Waals surface area contributed by atoms with E-state index in [2.05, 4.69) is 55.8 Å². The maximum atomic E-state index is 2.66. The van der Waals surface area contributed by atoms with Gasteiger partial charge in [-0.1, -0.05) is 0 Å². The summed E-state index contributed by atoms with van der Waals surface area (Å²) in [5.41, 5.74) is 1.36. The zero-order valence-corrected chi connectivity index (χ0v) is 12.2. The van der Waals surface area contributed by atoms with Gasteiger partial charge in [-0.25, -0.2) is 0 Å². The van der Waals surface area contributed by atoms with E-state index in [1.165, 1.54) is 23.9 Å². The van der Waals surface area contributed by atoms with Crippen molar-refractivity contribution in [2.45, 2.75) is 32.9 Å². The molecule has 0 aromatic heterocycles. The average Bonchev–Trinajstić information content (AvgIpc) is 2.27. The standard InChI is InChI=1S/C13H22AsN/c1-5-14(15(6-2)7-3)13-10-8-12(4)9-11-13/h8-11H,5-7H2,1-4H3. The molecule has 1 atom stereocenters. The molecule has 0 aliphatic rings. The van der Waals surface area contributed by atoms with Crippen LogP contribution in [0.5, 0.6) is 0 Å². The van der Waals surface area contributed by atoms with Crippen LogP contribution in [0.2, 0.25) is 5.21 Å². The van der Waals surface area contributed by atoms with Gasteiger partial charge >= 0.3 is 98.9 Å². The molecule has 0 fully saturated rings. The molecule has 1 aromatic rings. The van der Waals surface area contributed by atoms with Crippen molar-refractivity contribution in [3.05, 3.63) is 29.8 Å². The Kier molecular flexibility index (Phi) is 5.42. The van der Waals surface area contributed by atoms with Gasteiger partial charge < -0.3 is 0 Å². The van der Waals surface area contributed by atoms with Crippen molar-refractivity contribution in [1.29, 1.82) is 0 Å². The molecule has 0 heterocycles. The Labute approximate surface area is 99.0 Å². The van der Waals surface area contributed by atoms with Gasteiger partial charge in [-0.15, -0.1) is 0 Å². The Morgan fingerprint density at radius 1 is 1.00 bits per heavy atom. The summed E-state index contributed by atoms with van der Waals surface area (Å²) in [5.74, 6) is 0. The van der Waals surface area contributed by atoms with E-state index in [4.69, 9.17) is 0 Å². The number of aryl methyl sites for hydroxylation is 1. The third-order valence-corrected chi connectivity index (χ3v) is 8.46. The Morgan fingerprint density at radius 3 is 1.93 bits per heavy atom. The second kappa shape index (κ2) is 6.35. The maximum absolute atomic E-state index is 2.66. The molecule has 2 heteroatoms. The van der Waals surface area contributed by atoms with Gasteiger partial charge in [0.15, 0.2) is 0 Å². The van der Waals surface area contributed by atoms with Crippen LogP contribution in [0, 0.1) is 6.92 Å². The van der Waals surface area contributed by atoms with E-state index >= 15 is 0 Å². The van der Waals surface area contributed by atoms with Crippen molar-refractivity contribution in [3.63, 3.8) is 0 Å². The molecule has 0 amide bonds. The van der Waals surface area contributed by atoms with Crippen molar-refractivity contribution in [3.8, 4) is 0 Å². The van der Waals surface area contributed by atoms with Crippen molar-refractivity contribution in [1.82, 2.24) is 3.82 Å². The summed E-state index contributed by atoms with van der Waals surface area (Å²) in [7, 11) is 0. The topological polar surface area (TPSA) is 3.24 Å². The Hall–Kier alpha value is -0.262. The van der Waals surface area contributed by atoms with E-state index in [1.54, 1.807) is 4.35 Å². The third-order valence-electron chi connectivity index (χ3n) is 2.70. The van der Waals surface area contributed by atoms with Crippen molar-refractivity contribution >= 4 is 19.2 Å². The van der Waals surface area contributed by atoms with E-state index in [1.807, 2.05) is 0 Å². The van der Waals surface area contributed by atoms with Crippen LogP contribution in [-0.2, 0) is 0 Å². The predicted molar refractivity (Wildman–Crippen MR) is 70.0 cm³/mol. The van der Waals surface area contributed by atoms with Crippen molar-refractivity contribution in [2.24, 2.45) is 0 Å². The van der Waals surface area contributed by atoms with E-state index < -0.39 is 14.9 Å². The molecule has 1 nitrogen and oxygen atoms in total. The minimum atomic E-state index is -0.946. The van der Waals surface area contributed by atoms with E-state index in [9.17, 15) is 0 Å². The zero-order chi connectivity index (χ0) is 11.3. The second-order valence-electron chi connectivity index (χ2n) is 3.69. The quantitative estimate of drug-likeness (QED) is 0.741. The van der Waals surface area contributed by atoms with Gasteiger partial charge in [-0.3, -0.25) is 0 Å². The van der Waals surface area contributed by atoms with Gasteiger partial charge in [-0.05, 0) is 0 Å². The van der Waals surface area contributed by atoms with Gasteiger partial charge in [0.1, 0.15) is 0 Å². The van der Waals surface area contributed by atoms with Gasteiger partial charge in [0.2, 0.25) is 0 Å². The molecule has 0 saturated carbocycles. The minimum absolute atomic E-state index is 0.946. The predicted octanol–water partition coefficient (Wildman–Crippen LogP) is 2.56. The first-order valence-electron chi connectivity index (χ1n) is 5.81. The zero-order valence-electron chi connectivity index (χ0n) is 10.3. The van der Waals surface area contributed by atoms with Crippen LogP contribution < -0.4 is 4.35 Å². The molecule has 1 aromatic carbocycles. The van der Waals surface area contributed by atoms with Crippen molar-refractivity contribution < 1.29 is 0 Å². The molecule has 15 heavy (non-hydrogen) atoms. The number of hydrogen-bond donors (Lipinski definition) is 0. The van der Waals surface area contributed by atoms with Crippen LogP contribution in [0.3, 0.4) is 0 Å². The van der Waals surface area contributed by atoms with E-state index in [0.29, 0.717) is 0 Å². The first-order valence-corrected chi connectivity index (χ1v) is 8.92. The monoisotopic (exact) mass is 267 g/mol. The van der Waals surface area contributed by atoms with Crippen LogP contribution in [0.4, 0.5) is 0 Å². The van der Waals surface area contributed by atoms with E-state index in [0.717, 1.165) is 0 Å². The van der Waals surface area contributed by atoms with Gasteiger partial charge in [0.05, 0.1) is 0 Å². The van der Waals surface area contributed by atoms with Crippen LogP contribution in [0.25, 0.3) is 0 Å². The number of hydrogen-bond acceptors (Lipinski definition) is 1. The van der Waals surface area contributed by atoms with Gasteiger partial charge in [0, 0.05) is 0 Å². The number of rotatable bonds is 5. The molecule has 84 valence electrons. The molecule has 0 aliphatic carbocycles. The fraction of sp³-hybridized carbons (Fsp3) is 0.538. The molecule has 0 aliphatic heterocycles. The molecule has 0 radical (unpaired) electrons. The average molecular weight is 267 g/mol. The molecule has 0 spiro atoms. The number of nitrogens with zero attached hydrogens (tertiary/aromatic N) is 1. The van der Waals surface area contributed by atoms with Gasteiger partial charge in [-0.2, -0.15) is 0 Å². The summed E-state index contributed by atoms with van der Waals surface area (Å²) in [6.45, 7) is 11.4. The number of benzene rings is 1. The third kappa shape index (κ3) is 3.36. The Balaban J connectivity index is 2.86. The van der Waals surface area contributed by atoms with Crippen LogP contribution in [0.15, 0.2) is 24.3 Å².